The van der Waals surface area contributed by atoms with E-state index in [1.165, 1.54) is 30.5 Å². The van der Waals surface area contributed by atoms with Gasteiger partial charge in [-0.05, 0) is 11.6 Å². The minimum absolute atomic E-state index is 0.0529. The molecule has 1 rings (SSSR count). The minimum atomic E-state index is -0.575. The molecule has 0 atom stereocenters. The van der Waals surface area contributed by atoms with Gasteiger partial charge in [-0.15, -0.1) is 0 Å². The van der Waals surface area contributed by atoms with Crippen molar-refractivity contribution in [3.8, 4) is 6.19 Å². The highest BCUT2D eigenvalue weighted by atomic mass is 16.6. The molecule has 0 aromatic heterocycles. The van der Waals surface area contributed by atoms with Crippen molar-refractivity contribution >= 4 is 17.7 Å². The fourth-order valence-electron chi connectivity index (χ4n) is 1.01. The third-order valence-electron chi connectivity index (χ3n) is 1.69. The van der Waals surface area contributed by atoms with Crippen LogP contribution in [-0.4, -0.2) is 10.8 Å². The van der Waals surface area contributed by atoms with Gasteiger partial charge in [-0.25, -0.2) is 0 Å². The second-order valence-electron chi connectivity index (χ2n) is 2.79. The Kier molecular flexibility index (Phi) is 3.75. The van der Waals surface area contributed by atoms with Crippen LogP contribution in [0, 0.1) is 21.6 Å². The Bertz CT molecular complexity index is 488. The first-order valence-corrected chi connectivity index (χ1v) is 4.25. The van der Waals surface area contributed by atoms with E-state index in [0.29, 0.717) is 5.56 Å². The molecule has 0 unspecified atom stereocenters. The lowest BCUT2D eigenvalue weighted by Crippen LogP contribution is -2.13. The molecule has 16 heavy (non-hydrogen) atoms. The number of amides is 1. The topological polar surface area (TPSA) is 96.0 Å². The molecule has 0 aliphatic rings. The van der Waals surface area contributed by atoms with Gasteiger partial charge in [-0.2, -0.15) is 5.26 Å². The average molecular weight is 217 g/mol. The molecule has 80 valence electrons. The number of carbonyl (C=O) groups is 1. The molecular weight excluding hydrogens is 210 g/mol. The second-order valence-corrected chi connectivity index (χ2v) is 2.79. The van der Waals surface area contributed by atoms with Gasteiger partial charge in [0.05, 0.1) is 4.92 Å². The largest absolute Gasteiger partial charge is 0.270 e. The number of benzene rings is 1. The van der Waals surface area contributed by atoms with Crippen LogP contribution < -0.4 is 5.32 Å². The number of carbonyl (C=O) groups excluding carboxylic acids is 1. The van der Waals surface area contributed by atoms with Crippen molar-refractivity contribution < 1.29 is 9.72 Å². The zero-order chi connectivity index (χ0) is 12.0. The summed E-state index contributed by atoms with van der Waals surface area (Å²) < 4.78 is 0. The van der Waals surface area contributed by atoms with Crippen molar-refractivity contribution in [2.24, 2.45) is 0 Å². The predicted molar refractivity (Wildman–Crippen MR) is 55.9 cm³/mol. The first-order chi connectivity index (χ1) is 7.63. The molecule has 1 aromatic carbocycles. The van der Waals surface area contributed by atoms with Crippen LogP contribution in [0.4, 0.5) is 5.69 Å². The summed E-state index contributed by atoms with van der Waals surface area (Å²) >= 11 is 0. The SMILES string of the molecule is N#CNC(=O)C=Cc1cccc([N+](=O)[O-])c1. The van der Waals surface area contributed by atoms with Crippen LogP contribution in [0.15, 0.2) is 30.3 Å². The van der Waals surface area contributed by atoms with Gasteiger partial charge < -0.3 is 0 Å². The van der Waals surface area contributed by atoms with Crippen molar-refractivity contribution in [3.63, 3.8) is 0 Å². The van der Waals surface area contributed by atoms with Crippen LogP contribution in [0.2, 0.25) is 0 Å². The Morgan fingerprint density at radius 1 is 1.56 bits per heavy atom. The van der Waals surface area contributed by atoms with Crippen molar-refractivity contribution in [1.29, 1.82) is 5.26 Å². The van der Waals surface area contributed by atoms with E-state index in [4.69, 9.17) is 5.26 Å². The third kappa shape index (κ3) is 3.23. The molecule has 0 spiro atoms. The van der Waals surface area contributed by atoms with E-state index >= 15 is 0 Å². The molecule has 1 N–H and O–H groups in total. The van der Waals surface area contributed by atoms with Gasteiger partial charge in [0.2, 0.25) is 0 Å². The molecule has 6 heteroatoms. The second kappa shape index (κ2) is 5.26. The number of nitrogens with one attached hydrogen (secondary N) is 1. The number of nitro benzene ring substituents is 1. The molecule has 0 bridgehead atoms. The maximum atomic E-state index is 10.9. The summed E-state index contributed by atoms with van der Waals surface area (Å²) in [6, 6.07) is 5.81. The number of nitro groups is 1. The van der Waals surface area contributed by atoms with E-state index in [-0.39, 0.29) is 5.69 Å². The molecule has 0 aliphatic heterocycles. The average Bonchev–Trinajstić information content (AvgIpc) is 2.27. The predicted octanol–water partition coefficient (Wildman–Crippen LogP) is 1.21. The van der Waals surface area contributed by atoms with Crippen LogP contribution in [0.1, 0.15) is 5.56 Å². The van der Waals surface area contributed by atoms with Crippen molar-refractivity contribution in [3.05, 3.63) is 46.0 Å². The number of rotatable bonds is 3. The van der Waals surface area contributed by atoms with Gasteiger partial charge >= 0.3 is 0 Å². The van der Waals surface area contributed by atoms with Gasteiger partial charge in [0, 0.05) is 18.2 Å². The molecule has 0 fully saturated rings. The lowest BCUT2D eigenvalue weighted by Gasteiger charge is -1.93. The van der Waals surface area contributed by atoms with Gasteiger partial charge in [0.25, 0.3) is 11.6 Å². The van der Waals surface area contributed by atoms with Gasteiger partial charge in [0.15, 0.2) is 6.19 Å². The van der Waals surface area contributed by atoms with E-state index < -0.39 is 10.8 Å². The van der Waals surface area contributed by atoms with E-state index in [2.05, 4.69) is 0 Å². The van der Waals surface area contributed by atoms with Crippen molar-refractivity contribution in [1.82, 2.24) is 5.32 Å². The molecule has 0 aliphatic carbocycles. The zero-order valence-corrected chi connectivity index (χ0v) is 8.08. The fourth-order valence-corrected chi connectivity index (χ4v) is 1.01. The molecule has 0 radical (unpaired) electrons. The third-order valence-corrected chi connectivity index (χ3v) is 1.69. The van der Waals surface area contributed by atoms with Crippen LogP contribution in [0.5, 0.6) is 0 Å². The van der Waals surface area contributed by atoms with Crippen LogP contribution in [0.3, 0.4) is 0 Å². The smallest absolute Gasteiger partial charge is 0.269 e. The van der Waals surface area contributed by atoms with Crippen LogP contribution >= 0.6 is 0 Å². The standard InChI is InChI=1S/C10H7N3O3/c11-7-12-10(14)5-4-8-2-1-3-9(6-8)13(15)16/h1-6H,(H,12,14). The molecular formula is C10H7N3O3. The Hall–Kier alpha value is -2.68. The summed E-state index contributed by atoms with van der Waals surface area (Å²) in [6.07, 6.45) is 3.99. The van der Waals surface area contributed by atoms with Gasteiger partial charge in [-0.3, -0.25) is 20.2 Å². The summed E-state index contributed by atoms with van der Waals surface area (Å²) in [5.41, 5.74) is 0.463. The maximum Gasteiger partial charge on any atom is 0.270 e. The quantitative estimate of drug-likeness (QED) is 0.270. The highest BCUT2D eigenvalue weighted by Crippen LogP contribution is 2.13. The normalized spacial score (nSPS) is 9.69. The highest BCUT2D eigenvalue weighted by molar-refractivity contribution is 5.92. The number of hydrogen-bond acceptors (Lipinski definition) is 4. The highest BCUT2D eigenvalue weighted by Gasteiger charge is 2.03. The number of nitriles is 1. The van der Waals surface area contributed by atoms with E-state index in [1.807, 2.05) is 5.32 Å². The van der Waals surface area contributed by atoms with Crippen LogP contribution in [-0.2, 0) is 4.79 Å². The summed E-state index contributed by atoms with van der Waals surface area (Å²) in [6.45, 7) is 0. The zero-order valence-electron chi connectivity index (χ0n) is 8.08. The first kappa shape index (κ1) is 11.4. The summed E-state index contributed by atoms with van der Waals surface area (Å²) in [4.78, 5) is 20.8. The van der Waals surface area contributed by atoms with Crippen molar-refractivity contribution in [2.75, 3.05) is 0 Å². The first-order valence-electron chi connectivity index (χ1n) is 4.25. The molecule has 0 saturated heterocycles. The summed E-state index contributed by atoms with van der Waals surface area (Å²) in [5.74, 6) is -0.575. The lowest BCUT2D eigenvalue weighted by atomic mass is 10.2. The Morgan fingerprint density at radius 3 is 2.94 bits per heavy atom. The fraction of sp³-hybridized carbons (Fsp3) is 0. The summed E-state index contributed by atoms with van der Waals surface area (Å²) in [5, 5.41) is 20.5. The summed E-state index contributed by atoms with van der Waals surface area (Å²) in [7, 11) is 0. The number of hydrogen-bond donors (Lipinski definition) is 1. The molecule has 1 aromatic rings. The lowest BCUT2D eigenvalue weighted by molar-refractivity contribution is -0.384. The maximum absolute atomic E-state index is 10.9. The molecule has 1 amide bonds. The van der Waals surface area contributed by atoms with E-state index in [0.717, 1.165) is 6.08 Å². The van der Waals surface area contributed by atoms with Gasteiger partial charge in [-0.1, -0.05) is 12.1 Å². The monoisotopic (exact) mass is 217 g/mol. The van der Waals surface area contributed by atoms with E-state index in [1.54, 1.807) is 6.07 Å². The Labute approximate surface area is 91.0 Å². The molecule has 6 nitrogen and oxygen atoms in total. The minimum Gasteiger partial charge on any atom is -0.269 e. The number of nitrogens with zero attached hydrogens (tertiary/aromatic N) is 2. The van der Waals surface area contributed by atoms with Crippen LogP contribution in [0.25, 0.3) is 6.08 Å². The molecule has 0 saturated carbocycles. The molecule has 0 heterocycles. The van der Waals surface area contributed by atoms with E-state index in [9.17, 15) is 14.9 Å². The van der Waals surface area contributed by atoms with Gasteiger partial charge in [0.1, 0.15) is 0 Å². The Balaban J connectivity index is 2.82. The Morgan fingerprint density at radius 2 is 2.31 bits per heavy atom. The number of non-ortho nitro benzene ring substituents is 1. The van der Waals surface area contributed by atoms with Crippen molar-refractivity contribution in [2.45, 2.75) is 0 Å².